The fourth-order valence-corrected chi connectivity index (χ4v) is 5.79. The molecule has 238 valence electrons. The van der Waals surface area contributed by atoms with Crippen LogP contribution >= 0.6 is 0 Å². The van der Waals surface area contributed by atoms with Crippen LogP contribution in [0.25, 0.3) is 10.8 Å². The molecule has 0 aromatic heterocycles. The normalized spacial score (nSPS) is 18.0. The van der Waals surface area contributed by atoms with Gasteiger partial charge in [0.2, 0.25) is 0 Å². The van der Waals surface area contributed by atoms with E-state index >= 15 is 0 Å². The molecule has 5 rings (SSSR count). The number of carbonyl (C=O) groups excluding carboxylic acids is 1. The van der Waals surface area contributed by atoms with Crippen molar-refractivity contribution in [2.24, 2.45) is 0 Å². The van der Waals surface area contributed by atoms with Crippen LogP contribution in [0.1, 0.15) is 68.7 Å². The molecule has 0 radical (unpaired) electrons. The molecule has 3 unspecified atom stereocenters. The van der Waals surface area contributed by atoms with E-state index in [1.807, 2.05) is 63.2 Å². The number of hydrogen-bond acceptors (Lipinski definition) is 7. The van der Waals surface area contributed by atoms with Crippen molar-refractivity contribution in [1.82, 2.24) is 5.06 Å². The first kappa shape index (κ1) is 32.5. The molecule has 1 aliphatic heterocycles. The number of piperidine rings is 1. The number of ether oxygens (including phenoxy) is 4. The van der Waals surface area contributed by atoms with Gasteiger partial charge in [-0.1, -0.05) is 78.9 Å². The average Bonchev–Trinajstić information content (AvgIpc) is 3.04. The van der Waals surface area contributed by atoms with E-state index in [-0.39, 0.29) is 18.1 Å². The van der Waals surface area contributed by atoms with E-state index in [0.29, 0.717) is 26.3 Å². The number of hydroxylamine groups is 2. The SMILES string of the molecule is COC(CCCOc1ccc(C2CCN(OC(=O)OC(C)(C)C)CC2OCc2ccc3ccccc3c2)cc1)c1ccccc1. The molecule has 0 amide bonds. The fraction of sp³-hybridized carbons (Fsp3) is 0.395. The quantitative estimate of drug-likeness (QED) is 0.117. The van der Waals surface area contributed by atoms with Crippen molar-refractivity contribution in [2.45, 2.75) is 70.4 Å². The lowest BCUT2D eigenvalue weighted by Gasteiger charge is -2.37. The maximum absolute atomic E-state index is 12.4. The zero-order valence-electron chi connectivity index (χ0n) is 26.8. The Morgan fingerprint density at radius 1 is 0.911 bits per heavy atom. The highest BCUT2D eigenvalue weighted by atomic mass is 16.8. The standard InChI is InChI=1S/C38H45NO6/c1-38(2,3)44-37(40)45-39-23-22-34(36(26-39)43-27-28-16-17-29-11-8-9-14-32(29)25-28)30-18-20-33(21-19-30)42-24-10-15-35(41-4)31-12-6-5-7-13-31/h5-9,11-14,16-21,25,34-36H,10,15,22-24,26-27H2,1-4H3. The third kappa shape index (κ3) is 9.54. The van der Waals surface area contributed by atoms with Crippen LogP contribution in [0.4, 0.5) is 4.79 Å². The monoisotopic (exact) mass is 611 g/mol. The number of carbonyl (C=O) groups is 1. The van der Waals surface area contributed by atoms with E-state index in [1.165, 1.54) is 21.9 Å². The Kier molecular flexibility index (Phi) is 11.1. The fourth-order valence-electron chi connectivity index (χ4n) is 5.79. The predicted molar refractivity (Wildman–Crippen MR) is 176 cm³/mol. The molecule has 0 spiro atoms. The van der Waals surface area contributed by atoms with Crippen LogP contribution < -0.4 is 4.74 Å². The summed E-state index contributed by atoms with van der Waals surface area (Å²) in [6.07, 6.45) is 1.71. The summed E-state index contributed by atoms with van der Waals surface area (Å²) < 4.78 is 23.7. The highest BCUT2D eigenvalue weighted by molar-refractivity contribution is 5.82. The molecule has 1 saturated heterocycles. The van der Waals surface area contributed by atoms with Crippen LogP contribution in [0.5, 0.6) is 5.75 Å². The van der Waals surface area contributed by atoms with Crippen molar-refractivity contribution >= 4 is 16.9 Å². The topological polar surface area (TPSA) is 66.5 Å². The Hall–Kier alpha value is -3.91. The number of rotatable bonds is 12. The molecular formula is C38H45NO6. The van der Waals surface area contributed by atoms with E-state index < -0.39 is 11.8 Å². The second-order valence-electron chi connectivity index (χ2n) is 12.6. The van der Waals surface area contributed by atoms with Gasteiger partial charge in [-0.2, -0.15) is 0 Å². The van der Waals surface area contributed by atoms with Crippen molar-refractivity contribution in [2.75, 3.05) is 26.8 Å². The van der Waals surface area contributed by atoms with Gasteiger partial charge >= 0.3 is 6.16 Å². The summed E-state index contributed by atoms with van der Waals surface area (Å²) in [7, 11) is 1.75. The van der Waals surface area contributed by atoms with Crippen molar-refractivity contribution in [3.05, 3.63) is 114 Å². The van der Waals surface area contributed by atoms with Gasteiger partial charge in [-0.25, -0.2) is 4.79 Å². The summed E-state index contributed by atoms with van der Waals surface area (Å²) in [4.78, 5) is 18.0. The third-order valence-electron chi connectivity index (χ3n) is 8.04. The minimum atomic E-state index is -0.698. The first-order valence-corrected chi connectivity index (χ1v) is 15.8. The van der Waals surface area contributed by atoms with Crippen molar-refractivity contribution in [1.29, 1.82) is 0 Å². The Labute approximate surface area is 267 Å². The second-order valence-corrected chi connectivity index (χ2v) is 12.6. The zero-order valence-corrected chi connectivity index (χ0v) is 26.8. The maximum Gasteiger partial charge on any atom is 0.528 e. The highest BCUT2D eigenvalue weighted by Gasteiger charge is 2.34. The summed E-state index contributed by atoms with van der Waals surface area (Å²) in [6, 6.07) is 33.3. The van der Waals surface area contributed by atoms with Gasteiger partial charge < -0.3 is 23.8 Å². The highest BCUT2D eigenvalue weighted by Crippen LogP contribution is 2.33. The number of fused-ring (bicyclic) bond motifs is 1. The number of hydrogen-bond donors (Lipinski definition) is 0. The molecule has 7 heteroatoms. The third-order valence-corrected chi connectivity index (χ3v) is 8.04. The van der Waals surface area contributed by atoms with Gasteiger partial charge in [-0.3, -0.25) is 0 Å². The van der Waals surface area contributed by atoms with Crippen LogP contribution in [-0.4, -0.2) is 49.7 Å². The predicted octanol–water partition coefficient (Wildman–Crippen LogP) is 8.63. The van der Waals surface area contributed by atoms with E-state index in [0.717, 1.165) is 30.6 Å². The zero-order chi connectivity index (χ0) is 31.6. The maximum atomic E-state index is 12.4. The van der Waals surface area contributed by atoms with Gasteiger partial charge in [0.15, 0.2) is 0 Å². The van der Waals surface area contributed by atoms with Crippen LogP contribution in [0, 0.1) is 0 Å². The first-order chi connectivity index (χ1) is 21.8. The molecule has 1 fully saturated rings. The Bertz CT molecular complexity index is 1500. The lowest BCUT2D eigenvalue weighted by atomic mass is 9.87. The number of methoxy groups -OCH3 is 1. The molecule has 0 bridgehead atoms. The van der Waals surface area contributed by atoms with Gasteiger partial charge in [0.25, 0.3) is 0 Å². The van der Waals surface area contributed by atoms with Gasteiger partial charge in [0.1, 0.15) is 11.4 Å². The van der Waals surface area contributed by atoms with Gasteiger partial charge in [-0.15, -0.1) is 5.06 Å². The number of nitrogens with zero attached hydrogens (tertiary/aromatic N) is 1. The van der Waals surface area contributed by atoms with Crippen LogP contribution in [0.15, 0.2) is 97.1 Å². The van der Waals surface area contributed by atoms with Crippen LogP contribution in [0.3, 0.4) is 0 Å². The summed E-state index contributed by atoms with van der Waals surface area (Å²) in [5.41, 5.74) is 2.83. The molecule has 45 heavy (non-hydrogen) atoms. The van der Waals surface area contributed by atoms with Crippen molar-refractivity contribution in [3.63, 3.8) is 0 Å². The molecule has 0 aliphatic carbocycles. The van der Waals surface area contributed by atoms with Gasteiger partial charge in [0, 0.05) is 19.6 Å². The van der Waals surface area contributed by atoms with Gasteiger partial charge in [0.05, 0.1) is 32.0 Å². The first-order valence-electron chi connectivity index (χ1n) is 15.8. The Balaban J connectivity index is 1.20. The summed E-state index contributed by atoms with van der Waals surface area (Å²) in [5.74, 6) is 0.970. The summed E-state index contributed by atoms with van der Waals surface area (Å²) in [6.45, 7) is 7.57. The van der Waals surface area contributed by atoms with E-state index in [9.17, 15) is 4.79 Å². The molecule has 7 nitrogen and oxygen atoms in total. The lowest BCUT2D eigenvalue weighted by molar-refractivity contribution is -0.179. The summed E-state index contributed by atoms with van der Waals surface area (Å²) in [5, 5.41) is 4.04. The molecule has 4 aromatic rings. The van der Waals surface area contributed by atoms with E-state index in [4.69, 9.17) is 23.8 Å². The Morgan fingerprint density at radius 3 is 2.38 bits per heavy atom. The molecule has 4 aromatic carbocycles. The molecule has 1 heterocycles. The Morgan fingerprint density at radius 2 is 1.64 bits per heavy atom. The van der Waals surface area contributed by atoms with E-state index in [2.05, 4.69) is 54.6 Å². The summed E-state index contributed by atoms with van der Waals surface area (Å²) >= 11 is 0. The largest absolute Gasteiger partial charge is 0.528 e. The molecule has 3 atom stereocenters. The minimum Gasteiger partial charge on any atom is -0.494 e. The smallest absolute Gasteiger partial charge is 0.494 e. The van der Waals surface area contributed by atoms with E-state index in [1.54, 1.807) is 12.2 Å². The number of benzene rings is 4. The second kappa shape index (κ2) is 15.4. The van der Waals surface area contributed by atoms with Crippen molar-refractivity contribution in [3.8, 4) is 5.75 Å². The minimum absolute atomic E-state index is 0.0638. The molecule has 0 N–H and O–H groups in total. The van der Waals surface area contributed by atoms with Crippen LogP contribution in [0.2, 0.25) is 0 Å². The molecular weight excluding hydrogens is 566 g/mol. The van der Waals surface area contributed by atoms with Crippen molar-refractivity contribution < 1.29 is 28.6 Å². The molecule has 1 aliphatic rings. The average molecular weight is 612 g/mol. The van der Waals surface area contributed by atoms with Crippen LogP contribution in [-0.2, 0) is 25.7 Å². The lowest BCUT2D eigenvalue weighted by Crippen LogP contribution is -2.45. The van der Waals surface area contributed by atoms with Gasteiger partial charge in [-0.05, 0) is 85.7 Å². The molecule has 0 saturated carbocycles.